The van der Waals surface area contributed by atoms with Gasteiger partial charge in [-0.2, -0.15) is 0 Å². The van der Waals surface area contributed by atoms with Gasteiger partial charge in [0.25, 0.3) is 5.56 Å². The van der Waals surface area contributed by atoms with Gasteiger partial charge in [0.2, 0.25) is 5.91 Å². The van der Waals surface area contributed by atoms with Crippen molar-refractivity contribution in [1.82, 2.24) is 14.5 Å². The van der Waals surface area contributed by atoms with E-state index in [1.165, 1.54) is 11.0 Å². The summed E-state index contributed by atoms with van der Waals surface area (Å²) >= 11 is 0. The van der Waals surface area contributed by atoms with E-state index in [0.29, 0.717) is 35.1 Å². The molecule has 0 radical (unpaired) electrons. The van der Waals surface area contributed by atoms with Crippen LogP contribution in [-0.4, -0.2) is 27.4 Å². The molecule has 1 fully saturated rings. The summed E-state index contributed by atoms with van der Waals surface area (Å²) in [5.41, 5.74) is 0.456. The zero-order valence-electron chi connectivity index (χ0n) is 15.8. The average Bonchev–Trinajstić information content (AvgIpc) is 3.19. The average molecular weight is 365 g/mol. The molecule has 3 aromatic rings. The molecule has 0 unspecified atom stereocenters. The molecular weight excluding hydrogens is 342 g/mol. The van der Waals surface area contributed by atoms with E-state index in [4.69, 9.17) is 4.42 Å². The number of amides is 1. The van der Waals surface area contributed by atoms with E-state index in [0.717, 1.165) is 11.5 Å². The highest BCUT2D eigenvalue weighted by atomic mass is 16.3. The minimum Gasteiger partial charge on any atom is -0.464 e. The Hall–Kier alpha value is -2.89. The molecule has 1 aliphatic carbocycles. The molecule has 2 heterocycles. The van der Waals surface area contributed by atoms with Crippen LogP contribution in [0.25, 0.3) is 10.9 Å². The molecule has 1 aromatic carbocycles. The summed E-state index contributed by atoms with van der Waals surface area (Å²) in [6.07, 6.45) is 1.17. The SMILES string of the molecule is Cc1nc2ccccc2c(=O)n1CC(=O)N(C)Cc1ccc([C@H]2C[C@@H]2C)o1. The van der Waals surface area contributed by atoms with Gasteiger partial charge in [-0.1, -0.05) is 19.1 Å². The molecule has 0 spiro atoms. The van der Waals surface area contributed by atoms with Gasteiger partial charge in [-0.3, -0.25) is 14.2 Å². The Kier molecular flexibility index (Phi) is 4.34. The minimum absolute atomic E-state index is 0.0355. The van der Waals surface area contributed by atoms with Crippen molar-refractivity contribution in [1.29, 1.82) is 0 Å². The maximum absolute atomic E-state index is 12.7. The van der Waals surface area contributed by atoms with Crippen LogP contribution in [0.1, 0.15) is 36.6 Å². The van der Waals surface area contributed by atoms with Crippen LogP contribution in [0.15, 0.2) is 45.6 Å². The number of rotatable bonds is 5. The molecule has 4 rings (SSSR count). The summed E-state index contributed by atoms with van der Waals surface area (Å²) in [6.45, 7) is 4.30. The second kappa shape index (κ2) is 6.68. The Morgan fingerprint density at radius 1 is 1.30 bits per heavy atom. The van der Waals surface area contributed by atoms with Gasteiger partial charge < -0.3 is 9.32 Å². The summed E-state index contributed by atoms with van der Waals surface area (Å²) in [4.78, 5) is 31.4. The number of aryl methyl sites for hydroxylation is 1. The third kappa shape index (κ3) is 3.39. The Morgan fingerprint density at radius 3 is 2.78 bits per heavy atom. The second-order valence-electron chi connectivity index (χ2n) is 7.44. The molecule has 140 valence electrons. The summed E-state index contributed by atoms with van der Waals surface area (Å²) in [6, 6.07) is 11.1. The topological polar surface area (TPSA) is 68.3 Å². The Balaban J connectivity index is 1.49. The van der Waals surface area contributed by atoms with E-state index in [1.807, 2.05) is 18.2 Å². The number of benzene rings is 1. The summed E-state index contributed by atoms with van der Waals surface area (Å²) < 4.78 is 7.31. The van der Waals surface area contributed by atoms with Gasteiger partial charge in [0.1, 0.15) is 23.9 Å². The smallest absolute Gasteiger partial charge is 0.261 e. The first-order valence-electron chi connectivity index (χ1n) is 9.23. The number of furan rings is 1. The van der Waals surface area contributed by atoms with Gasteiger partial charge >= 0.3 is 0 Å². The number of hydrogen-bond acceptors (Lipinski definition) is 4. The maximum Gasteiger partial charge on any atom is 0.261 e. The molecule has 0 bridgehead atoms. The highest BCUT2D eigenvalue weighted by Gasteiger charge is 2.36. The van der Waals surface area contributed by atoms with Gasteiger partial charge in [0, 0.05) is 13.0 Å². The fourth-order valence-corrected chi connectivity index (χ4v) is 3.44. The molecule has 6 nitrogen and oxygen atoms in total. The van der Waals surface area contributed by atoms with Crippen LogP contribution in [0.2, 0.25) is 0 Å². The van der Waals surface area contributed by atoms with E-state index in [2.05, 4.69) is 11.9 Å². The lowest BCUT2D eigenvalue weighted by molar-refractivity contribution is -0.131. The van der Waals surface area contributed by atoms with Crippen molar-refractivity contribution >= 4 is 16.8 Å². The first-order chi connectivity index (χ1) is 12.9. The van der Waals surface area contributed by atoms with Gasteiger partial charge in [-0.25, -0.2) is 4.98 Å². The molecule has 0 aliphatic heterocycles. The highest BCUT2D eigenvalue weighted by molar-refractivity contribution is 5.79. The molecule has 0 saturated heterocycles. The van der Waals surface area contributed by atoms with Crippen molar-refractivity contribution in [3.63, 3.8) is 0 Å². The van der Waals surface area contributed by atoms with E-state index >= 15 is 0 Å². The van der Waals surface area contributed by atoms with Crippen molar-refractivity contribution in [2.75, 3.05) is 7.05 Å². The lowest BCUT2D eigenvalue weighted by Gasteiger charge is -2.17. The molecule has 1 amide bonds. The zero-order valence-corrected chi connectivity index (χ0v) is 15.8. The highest BCUT2D eigenvalue weighted by Crippen LogP contribution is 2.47. The Morgan fingerprint density at radius 2 is 2.04 bits per heavy atom. The summed E-state index contributed by atoms with van der Waals surface area (Å²) in [7, 11) is 1.72. The molecule has 1 saturated carbocycles. The number of carbonyl (C=O) groups is 1. The van der Waals surface area contributed by atoms with Crippen LogP contribution < -0.4 is 5.56 Å². The fraction of sp³-hybridized carbons (Fsp3) is 0.381. The van der Waals surface area contributed by atoms with Crippen LogP contribution in [0, 0.1) is 12.8 Å². The lowest BCUT2D eigenvalue weighted by atomic mass is 10.2. The van der Waals surface area contributed by atoms with Crippen molar-refractivity contribution in [2.24, 2.45) is 5.92 Å². The first kappa shape index (κ1) is 17.5. The van der Waals surface area contributed by atoms with E-state index < -0.39 is 0 Å². The van der Waals surface area contributed by atoms with Gasteiger partial charge in [-0.05, 0) is 43.5 Å². The Bertz CT molecular complexity index is 1070. The normalized spacial score (nSPS) is 18.6. The van der Waals surface area contributed by atoms with Crippen molar-refractivity contribution < 1.29 is 9.21 Å². The third-order valence-electron chi connectivity index (χ3n) is 5.32. The lowest BCUT2D eigenvalue weighted by Crippen LogP contribution is -2.35. The molecule has 6 heteroatoms. The summed E-state index contributed by atoms with van der Waals surface area (Å²) in [5.74, 6) is 3.34. The minimum atomic E-state index is -0.192. The number of carbonyl (C=O) groups excluding carboxylic acids is 1. The predicted molar refractivity (Wildman–Crippen MR) is 102 cm³/mol. The van der Waals surface area contributed by atoms with E-state index in [-0.39, 0.29) is 18.0 Å². The predicted octanol–water partition coefficient (Wildman–Crippen LogP) is 3.08. The van der Waals surface area contributed by atoms with Crippen molar-refractivity contribution in [3.05, 3.63) is 64.1 Å². The molecule has 2 aromatic heterocycles. The zero-order chi connectivity index (χ0) is 19.1. The van der Waals surface area contributed by atoms with Crippen LogP contribution >= 0.6 is 0 Å². The summed E-state index contributed by atoms with van der Waals surface area (Å²) in [5, 5.41) is 0.521. The quantitative estimate of drug-likeness (QED) is 0.697. The number of likely N-dealkylation sites (N-methyl/N-ethyl adjacent to an activating group) is 1. The third-order valence-corrected chi connectivity index (χ3v) is 5.32. The maximum atomic E-state index is 12.7. The number of nitrogens with zero attached hydrogens (tertiary/aromatic N) is 3. The van der Waals surface area contributed by atoms with Crippen LogP contribution in [0.3, 0.4) is 0 Å². The van der Waals surface area contributed by atoms with Crippen LogP contribution in [0.4, 0.5) is 0 Å². The second-order valence-corrected chi connectivity index (χ2v) is 7.44. The van der Waals surface area contributed by atoms with Crippen molar-refractivity contribution in [3.8, 4) is 0 Å². The first-order valence-corrected chi connectivity index (χ1v) is 9.23. The largest absolute Gasteiger partial charge is 0.464 e. The Labute approximate surface area is 157 Å². The molecule has 27 heavy (non-hydrogen) atoms. The number of para-hydroxylation sites is 1. The number of aromatic nitrogens is 2. The fourth-order valence-electron chi connectivity index (χ4n) is 3.44. The van der Waals surface area contributed by atoms with E-state index in [9.17, 15) is 9.59 Å². The van der Waals surface area contributed by atoms with Gasteiger partial charge in [0.05, 0.1) is 17.4 Å². The molecular formula is C21H23N3O3. The van der Waals surface area contributed by atoms with E-state index in [1.54, 1.807) is 37.1 Å². The monoisotopic (exact) mass is 365 g/mol. The number of hydrogen-bond donors (Lipinski definition) is 0. The van der Waals surface area contributed by atoms with Crippen molar-refractivity contribution in [2.45, 2.75) is 39.3 Å². The van der Waals surface area contributed by atoms with Crippen LogP contribution in [0.5, 0.6) is 0 Å². The van der Waals surface area contributed by atoms with Crippen LogP contribution in [-0.2, 0) is 17.9 Å². The number of fused-ring (bicyclic) bond motifs is 1. The van der Waals surface area contributed by atoms with Gasteiger partial charge in [0.15, 0.2) is 0 Å². The standard InChI is InChI=1S/C21H23N3O3/c1-13-10-17(13)19-9-8-15(27-19)11-23(3)20(25)12-24-14(2)22-18-7-5-4-6-16(18)21(24)26/h4-9,13,17H,10-12H2,1-3H3/t13-,17-/m0/s1. The van der Waals surface area contributed by atoms with Gasteiger partial charge in [-0.15, -0.1) is 0 Å². The molecule has 2 atom stereocenters. The molecule has 1 aliphatic rings. The molecule has 0 N–H and O–H groups in total.